The molecule has 0 aliphatic heterocycles. The minimum absolute atomic E-state index is 0.237. The van der Waals surface area contributed by atoms with Crippen molar-refractivity contribution in [1.29, 1.82) is 0 Å². The van der Waals surface area contributed by atoms with Crippen molar-refractivity contribution in [3.8, 4) is 22.6 Å². The van der Waals surface area contributed by atoms with Crippen LogP contribution in [0.15, 0.2) is 97.1 Å². The predicted molar refractivity (Wildman–Crippen MR) is 115 cm³/mol. The molecule has 0 atom stereocenters. The number of aromatic hydroxyl groups is 2. The molecule has 0 spiro atoms. The van der Waals surface area contributed by atoms with Crippen molar-refractivity contribution in [2.45, 2.75) is 0 Å². The van der Waals surface area contributed by atoms with E-state index in [0.29, 0.717) is 0 Å². The molecule has 4 heteroatoms. The highest BCUT2D eigenvalue weighted by atomic mass is 16.3. The normalized spacial score (nSPS) is 10.4. The van der Waals surface area contributed by atoms with Gasteiger partial charge in [-0.05, 0) is 59.7 Å². The summed E-state index contributed by atoms with van der Waals surface area (Å²) >= 11 is 0. The Kier molecular flexibility index (Phi) is 4.85. The van der Waals surface area contributed by atoms with Gasteiger partial charge < -0.3 is 20.8 Å². The van der Waals surface area contributed by atoms with E-state index in [1.807, 2.05) is 36.4 Å². The van der Waals surface area contributed by atoms with Crippen LogP contribution in [-0.4, -0.2) is 10.2 Å². The van der Waals surface area contributed by atoms with E-state index in [4.69, 9.17) is 0 Å². The summed E-state index contributed by atoms with van der Waals surface area (Å²) in [7, 11) is 0. The highest BCUT2D eigenvalue weighted by molar-refractivity contribution is 5.71. The third-order valence-corrected chi connectivity index (χ3v) is 4.37. The van der Waals surface area contributed by atoms with Crippen LogP contribution in [0.5, 0.6) is 11.5 Å². The summed E-state index contributed by atoms with van der Waals surface area (Å²) in [6.07, 6.45) is 0. The molecular weight excluding hydrogens is 348 g/mol. The number of hydrogen-bond donors (Lipinski definition) is 4. The van der Waals surface area contributed by atoms with Crippen molar-refractivity contribution in [3.63, 3.8) is 0 Å². The molecule has 138 valence electrons. The Morgan fingerprint density at radius 2 is 0.821 bits per heavy atom. The minimum Gasteiger partial charge on any atom is -0.508 e. The van der Waals surface area contributed by atoms with E-state index < -0.39 is 0 Å². The first kappa shape index (κ1) is 17.5. The van der Waals surface area contributed by atoms with Crippen LogP contribution in [0, 0.1) is 0 Å². The van der Waals surface area contributed by atoms with Gasteiger partial charge in [0.05, 0.1) is 0 Å². The zero-order valence-electron chi connectivity index (χ0n) is 15.1. The van der Waals surface area contributed by atoms with E-state index in [9.17, 15) is 10.2 Å². The maximum atomic E-state index is 9.56. The molecule has 0 fully saturated rings. The molecule has 0 aliphatic rings. The van der Waals surface area contributed by atoms with E-state index in [2.05, 4.69) is 34.9 Å². The molecule has 4 aromatic carbocycles. The van der Waals surface area contributed by atoms with Crippen molar-refractivity contribution in [2.24, 2.45) is 0 Å². The Morgan fingerprint density at radius 1 is 0.429 bits per heavy atom. The van der Waals surface area contributed by atoms with Crippen molar-refractivity contribution in [3.05, 3.63) is 97.1 Å². The minimum atomic E-state index is 0.237. The Balaban J connectivity index is 1.45. The van der Waals surface area contributed by atoms with Crippen LogP contribution >= 0.6 is 0 Å². The van der Waals surface area contributed by atoms with Crippen LogP contribution in [-0.2, 0) is 0 Å². The Bertz CT molecular complexity index is 985. The largest absolute Gasteiger partial charge is 0.508 e. The van der Waals surface area contributed by atoms with E-state index in [-0.39, 0.29) is 11.5 Å². The lowest BCUT2D eigenvalue weighted by atomic mass is 10.0. The van der Waals surface area contributed by atoms with Gasteiger partial charge in [0.1, 0.15) is 11.5 Å². The lowest BCUT2D eigenvalue weighted by molar-refractivity contribution is 0.475. The molecule has 28 heavy (non-hydrogen) atoms. The van der Waals surface area contributed by atoms with Gasteiger partial charge in [-0.2, -0.15) is 0 Å². The highest BCUT2D eigenvalue weighted by Crippen LogP contribution is 2.27. The molecule has 0 saturated carbocycles. The second kappa shape index (κ2) is 7.76. The molecule has 0 heterocycles. The second-order valence-corrected chi connectivity index (χ2v) is 6.51. The Labute approximate surface area is 163 Å². The third kappa shape index (κ3) is 4.24. The van der Waals surface area contributed by atoms with Crippen molar-refractivity contribution >= 4 is 22.7 Å². The summed E-state index contributed by atoms with van der Waals surface area (Å²) in [5.74, 6) is 0.474. The lowest BCUT2D eigenvalue weighted by Crippen LogP contribution is -1.91. The monoisotopic (exact) mass is 368 g/mol. The van der Waals surface area contributed by atoms with Gasteiger partial charge in [-0.1, -0.05) is 36.4 Å². The number of phenolic OH excluding ortho intramolecular Hbond substituents is 2. The summed E-state index contributed by atoms with van der Waals surface area (Å²) in [5, 5.41) is 25.7. The van der Waals surface area contributed by atoms with E-state index in [1.165, 1.54) is 0 Å². The van der Waals surface area contributed by atoms with Gasteiger partial charge in [0.25, 0.3) is 0 Å². The number of rotatable bonds is 5. The quantitative estimate of drug-likeness (QED) is 0.336. The molecule has 0 aromatic heterocycles. The fourth-order valence-corrected chi connectivity index (χ4v) is 2.99. The number of anilines is 4. The first-order valence-electron chi connectivity index (χ1n) is 8.98. The van der Waals surface area contributed by atoms with Crippen molar-refractivity contribution in [2.75, 3.05) is 10.6 Å². The van der Waals surface area contributed by atoms with Crippen LogP contribution in [0.4, 0.5) is 22.7 Å². The Morgan fingerprint density at radius 3 is 1.18 bits per heavy atom. The zero-order valence-corrected chi connectivity index (χ0v) is 15.1. The lowest BCUT2D eigenvalue weighted by Gasteiger charge is -2.10. The fourth-order valence-electron chi connectivity index (χ4n) is 2.99. The van der Waals surface area contributed by atoms with Gasteiger partial charge in [0.15, 0.2) is 0 Å². The van der Waals surface area contributed by atoms with Crippen molar-refractivity contribution in [1.82, 2.24) is 0 Å². The van der Waals surface area contributed by atoms with Gasteiger partial charge in [0, 0.05) is 34.9 Å². The summed E-state index contributed by atoms with van der Waals surface area (Å²) in [5.41, 5.74) is 5.83. The molecule has 0 radical (unpaired) electrons. The van der Waals surface area contributed by atoms with Crippen LogP contribution < -0.4 is 10.6 Å². The maximum absolute atomic E-state index is 9.56. The van der Waals surface area contributed by atoms with Crippen LogP contribution in [0.3, 0.4) is 0 Å². The van der Waals surface area contributed by atoms with Gasteiger partial charge >= 0.3 is 0 Å². The van der Waals surface area contributed by atoms with E-state index in [0.717, 1.165) is 33.9 Å². The zero-order chi connectivity index (χ0) is 19.3. The standard InChI is InChI=1S/C24H20N2O2/c27-23-5-1-3-21(15-23)25-19-11-7-17(8-12-19)18-9-13-20(14-10-18)26-22-4-2-6-24(28)16-22/h1-16,25-28H. The van der Waals surface area contributed by atoms with Crippen molar-refractivity contribution < 1.29 is 10.2 Å². The Hall–Kier alpha value is -3.92. The molecule has 0 unspecified atom stereocenters. The fraction of sp³-hybridized carbons (Fsp3) is 0. The number of hydrogen-bond acceptors (Lipinski definition) is 4. The number of phenols is 2. The predicted octanol–water partition coefficient (Wildman–Crippen LogP) is 6.25. The smallest absolute Gasteiger partial charge is 0.117 e. The van der Waals surface area contributed by atoms with Crippen LogP contribution in [0.25, 0.3) is 11.1 Å². The van der Waals surface area contributed by atoms with Gasteiger partial charge in [0.2, 0.25) is 0 Å². The summed E-state index contributed by atoms with van der Waals surface area (Å²) in [6.45, 7) is 0. The maximum Gasteiger partial charge on any atom is 0.117 e. The molecule has 4 rings (SSSR count). The topological polar surface area (TPSA) is 64.5 Å². The molecule has 0 aliphatic carbocycles. The third-order valence-electron chi connectivity index (χ3n) is 4.37. The molecular formula is C24H20N2O2. The molecule has 0 amide bonds. The van der Waals surface area contributed by atoms with Gasteiger partial charge in [-0.3, -0.25) is 0 Å². The first-order valence-corrected chi connectivity index (χ1v) is 8.98. The second-order valence-electron chi connectivity index (χ2n) is 6.51. The molecule has 4 nitrogen and oxygen atoms in total. The average Bonchev–Trinajstić information content (AvgIpc) is 2.69. The van der Waals surface area contributed by atoms with Crippen LogP contribution in [0.2, 0.25) is 0 Å². The van der Waals surface area contributed by atoms with Gasteiger partial charge in [-0.15, -0.1) is 0 Å². The molecule has 4 N–H and O–H groups in total. The molecule has 0 saturated heterocycles. The average molecular weight is 368 g/mol. The molecule has 0 bridgehead atoms. The number of nitrogens with one attached hydrogen (secondary N) is 2. The SMILES string of the molecule is Oc1cccc(Nc2ccc(-c3ccc(Nc4cccc(O)c4)cc3)cc2)c1. The molecule has 4 aromatic rings. The summed E-state index contributed by atoms with van der Waals surface area (Å²) in [4.78, 5) is 0. The van der Waals surface area contributed by atoms with E-state index in [1.54, 1.807) is 36.4 Å². The number of benzene rings is 4. The van der Waals surface area contributed by atoms with E-state index >= 15 is 0 Å². The summed E-state index contributed by atoms with van der Waals surface area (Å²) < 4.78 is 0. The first-order chi connectivity index (χ1) is 13.7. The highest BCUT2D eigenvalue weighted by Gasteiger charge is 2.01. The van der Waals surface area contributed by atoms with Crippen LogP contribution in [0.1, 0.15) is 0 Å². The van der Waals surface area contributed by atoms with Gasteiger partial charge in [-0.25, -0.2) is 0 Å². The summed E-state index contributed by atoms with van der Waals surface area (Å²) in [6, 6.07) is 30.4.